The number of urea groups is 1. The summed E-state index contributed by atoms with van der Waals surface area (Å²) in [6.07, 6.45) is 7.64. The molecule has 0 bridgehead atoms. The van der Waals surface area contributed by atoms with Gasteiger partial charge in [-0.25, -0.2) is 9.59 Å². The standard InChI is InChI=1S/C16H28N2O3/c1-12-7-9-16(10-8-12,14(19)20)17-15(21)18(2)11-13-5-3-4-6-13/h12-13H,3-11H2,1-2H3,(H,17,21)(H,19,20). The Morgan fingerprint density at radius 2 is 1.76 bits per heavy atom. The summed E-state index contributed by atoms with van der Waals surface area (Å²) in [5.41, 5.74) is -1.06. The number of carboxylic acids is 1. The number of rotatable bonds is 4. The van der Waals surface area contributed by atoms with Gasteiger partial charge in [-0.1, -0.05) is 19.8 Å². The third-order valence-corrected chi connectivity index (χ3v) is 5.24. The van der Waals surface area contributed by atoms with Gasteiger partial charge in [0.15, 0.2) is 0 Å². The van der Waals surface area contributed by atoms with Gasteiger partial charge < -0.3 is 15.3 Å². The summed E-state index contributed by atoms with van der Waals surface area (Å²) in [6, 6.07) is -0.237. The molecule has 21 heavy (non-hydrogen) atoms. The maximum atomic E-state index is 12.3. The number of amides is 2. The highest BCUT2D eigenvalue weighted by Crippen LogP contribution is 2.32. The van der Waals surface area contributed by atoms with Crippen molar-refractivity contribution in [3.05, 3.63) is 0 Å². The van der Waals surface area contributed by atoms with Gasteiger partial charge in [0.05, 0.1) is 0 Å². The van der Waals surface area contributed by atoms with Crippen LogP contribution in [0.3, 0.4) is 0 Å². The molecule has 2 rings (SSSR count). The predicted molar refractivity (Wildman–Crippen MR) is 81.1 cm³/mol. The lowest BCUT2D eigenvalue weighted by atomic mass is 9.77. The minimum Gasteiger partial charge on any atom is -0.480 e. The molecule has 2 aliphatic rings. The fraction of sp³-hybridized carbons (Fsp3) is 0.875. The second-order valence-electron chi connectivity index (χ2n) is 7.03. The molecule has 2 amide bonds. The van der Waals surface area contributed by atoms with Crippen LogP contribution in [0.4, 0.5) is 4.79 Å². The normalized spacial score (nSPS) is 30.1. The van der Waals surface area contributed by atoms with Gasteiger partial charge in [-0.3, -0.25) is 0 Å². The average Bonchev–Trinajstić information content (AvgIpc) is 2.94. The van der Waals surface area contributed by atoms with Gasteiger partial charge in [-0.15, -0.1) is 0 Å². The van der Waals surface area contributed by atoms with Crippen molar-refractivity contribution in [2.45, 2.75) is 63.8 Å². The van der Waals surface area contributed by atoms with Crippen LogP contribution in [0.5, 0.6) is 0 Å². The van der Waals surface area contributed by atoms with E-state index >= 15 is 0 Å². The van der Waals surface area contributed by atoms with E-state index in [9.17, 15) is 14.7 Å². The molecule has 0 aromatic heterocycles. The SMILES string of the molecule is CC1CCC(NC(=O)N(C)CC2CCCC2)(C(=O)O)CC1. The Hall–Kier alpha value is -1.26. The molecule has 5 nitrogen and oxygen atoms in total. The minimum absolute atomic E-state index is 0.237. The van der Waals surface area contributed by atoms with Crippen molar-refractivity contribution < 1.29 is 14.7 Å². The monoisotopic (exact) mass is 296 g/mol. The van der Waals surface area contributed by atoms with Crippen molar-refractivity contribution in [2.75, 3.05) is 13.6 Å². The van der Waals surface area contributed by atoms with Gasteiger partial charge in [-0.2, -0.15) is 0 Å². The summed E-state index contributed by atoms with van der Waals surface area (Å²) in [4.78, 5) is 25.7. The number of carbonyl (C=O) groups excluding carboxylic acids is 1. The van der Waals surface area contributed by atoms with Gasteiger partial charge >= 0.3 is 12.0 Å². The number of hydrogen-bond donors (Lipinski definition) is 2. The Bertz CT molecular complexity index is 383. The Morgan fingerprint density at radius 1 is 1.19 bits per heavy atom. The van der Waals surface area contributed by atoms with Crippen molar-refractivity contribution >= 4 is 12.0 Å². The Morgan fingerprint density at radius 3 is 2.29 bits per heavy atom. The van der Waals surface area contributed by atoms with Crippen molar-refractivity contribution in [3.63, 3.8) is 0 Å². The number of carbonyl (C=O) groups is 2. The van der Waals surface area contributed by atoms with Crippen LogP contribution >= 0.6 is 0 Å². The number of aliphatic carboxylic acids is 1. The van der Waals surface area contributed by atoms with Crippen LogP contribution in [0.1, 0.15) is 58.3 Å². The first kappa shape index (κ1) is 16.1. The Balaban J connectivity index is 1.93. The van der Waals surface area contributed by atoms with Gasteiger partial charge in [0.1, 0.15) is 5.54 Å². The molecule has 5 heteroatoms. The van der Waals surface area contributed by atoms with Crippen LogP contribution in [-0.2, 0) is 4.79 Å². The van der Waals surface area contributed by atoms with Crippen molar-refractivity contribution in [3.8, 4) is 0 Å². The highest BCUT2D eigenvalue weighted by atomic mass is 16.4. The van der Waals surface area contributed by atoms with E-state index in [2.05, 4.69) is 12.2 Å². The van der Waals surface area contributed by atoms with E-state index in [1.807, 2.05) is 0 Å². The van der Waals surface area contributed by atoms with Crippen LogP contribution in [-0.4, -0.2) is 41.1 Å². The lowest BCUT2D eigenvalue weighted by molar-refractivity contribution is -0.146. The molecule has 2 saturated carbocycles. The highest BCUT2D eigenvalue weighted by Gasteiger charge is 2.43. The first-order valence-corrected chi connectivity index (χ1v) is 8.19. The number of carboxylic acid groups (broad SMARTS) is 1. The smallest absolute Gasteiger partial charge is 0.329 e. The van der Waals surface area contributed by atoms with Gasteiger partial charge in [0, 0.05) is 13.6 Å². The molecule has 0 aliphatic heterocycles. The maximum Gasteiger partial charge on any atom is 0.329 e. The maximum absolute atomic E-state index is 12.3. The Labute approximate surface area is 127 Å². The molecule has 120 valence electrons. The second-order valence-corrected chi connectivity index (χ2v) is 7.03. The van der Waals surface area contributed by atoms with Crippen LogP contribution in [0.2, 0.25) is 0 Å². The summed E-state index contributed by atoms with van der Waals surface area (Å²) in [6.45, 7) is 2.87. The van der Waals surface area contributed by atoms with E-state index in [1.54, 1.807) is 11.9 Å². The van der Waals surface area contributed by atoms with E-state index in [-0.39, 0.29) is 6.03 Å². The van der Waals surface area contributed by atoms with Crippen LogP contribution in [0.25, 0.3) is 0 Å². The number of hydrogen-bond acceptors (Lipinski definition) is 2. The van der Waals surface area contributed by atoms with E-state index in [0.717, 1.165) is 19.4 Å². The van der Waals surface area contributed by atoms with Crippen LogP contribution in [0.15, 0.2) is 0 Å². The molecule has 0 saturated heterocycles. The molecule has 0 unspecified atom stereocenters. The molecule has 0 radical (unpaired) electrons. The first-order valence-electron chi connectivity index (χ1n) is 8.19. The van der Waals surface area contributed by atoms with Gasteiger partial charge in [0.2, 0.25) is 0 Å². The fourth-order valence-electron chi connectivity index (χ4n) is 3.61. The second kappa shape index (κ2) is 6.67. The zero-order chi connectivity index (χ0) is 15.5. The molecule has 0 spiro atoms. The lowest BCUT2D eigenvalue weighted by Crippen LogP contribution is -2.59. The van der Waals surface area contributed by atoms with E-state index in [0.29, 0.717) is 24.7 Å². The van der Waals surface area contributed by atoms with Crippen molar-refractivity contribution in [2.24, 2.45) is 11.8 Å². The van der Waals surface area contributed by atoms with Crippen LogP contribution < -0.4 is 5.32 Å². The van der Waals surface area contributed by atoms with E-state index < -0.39 is 11.5 Å². The number of nitrogens with zero attached hydrogens (tertiary/aromatic N) is 1. The minimum atomic E-state index is -1.06. The molecular weight excluding hydrogens is 268 g/mol. The molecule has 0 aromatic carbocycles. The average molecular weight is 296 g/mol. The summed E-state index contributed by atoms with van der Waals surface area (Å²) in [7, 11) is 1.77. The third-order valence-electron chi connectivity index (χ3n) is 5.24. The van der Waals surface area contributed by atoms with E-state index in [4.69, 9.17) is 0 Å². The molecule has 0 atom stereocenters. The number of nitrogens with one attached hydrogen (secondary N) is 1. The Kier molecular flexibility index (Phi) is 5.12. The predicted octanol–water partition coefficient (Wildman–Crippen LogP) is 2.85. The van der Waals surface area contributed by atoms with Crippen molar-refractivity contribution in [1.82, 2.24) is 10.2 Å². The first-order chi connectivity index (χ1) is 9.93. The fourth-order valence-corrected chi connectivity index (χ4v) is 3.61. The third kappa shape index (κ3) is 3.89. The highest BCUT2D eigenvalue weighted by molar-refractivity contribution is 5.86. The molecule has 0 aromatic rings. The topological polar surface area (TPSA) is 69.6 Å². The lowest BCUT2D eigenvalue weighted by Gasteiger charge is -2.37. The molecule has 2 aliphatic carbocycles. The van der Waals surface area contributed by atoms with Crippen LogP contribution in [0, 0.1) is 11.8 Å². The molecule has 0 heterocycles. The van der Waals surface area contributed by atoms with Gasteiger partial charge in [0.25, 0.3) is 0 Å². The largest absolute Gasteiger partial charge is 0.480 e. The van der Waals surface area contributed by atoms with Gasteiger partial charge in [-0.05, 0) is 50.4 Å². The quantitative estimate of drug-likeness (QED) is 0.838. The summed E-state index contributed by atoms with van der Waals surface area (Å²) in [5, 5.41) is 12.4. The molecule has 2 N–H and O–H groups in total. The summed E-state index contributed by atoms with van der Waals surface area (Å²) >= 11 is 0. The van der Waals surface area contributed by atoms with E-state index in [1.165, 1.54) is 25.7 Å². The van der Waals surface area contributed by atoms with Crippen molar-refractivity contribution in [1.29, 1.82) is 0 Å². The zero-order valence-corrected chi connectivity index (χ0v) is 13.2. The molecule has 2 fully saturated rings. The zero-order valence-electron chi connectivity index (χ0n) is 13.2. The summed E-state index contributed by atoms with van der Waals surface area (Å²) < 4.78 is 0. The summed E-state index contributed by atoms with van der Waals surface area (Å²) in [5.74, 6) is 0.232. The molecular formula is C16H28N2O3.